The van der Waals surface area contributed by atoms with E-state index in [9.17, 15) is 9.18 Å². The van der Waals surface area contributed by atoms with E-state index in [1.54, 1.807) is 44.4 Å². The lowest BCUT2D eigenvalue weighted by atomic mass is 9.94. The second-order valence-corrected chi connectivity index (χ2v) is 6.52. The molecule has 0 fully saturated rings. The zero-order valence-electron chi connectivity index (χ0n) is 15.6. The summed E-state index contributed by atoms with van der Waals surface area (Å²) in [5, 5.41) is 9.05. The number of nitrogens with one attached hydrogen (secondary N) is 3. The Balaban J connectivity index is 2.02. The van der Waals surface area contributed by atoms with Crippen molar-refractivity contribution >= 4 is 28.9 Å². The van der Waals surface area contributed by atoms with Crippen LogP contribution in [0.2, 0.25) is 0 Å². The van der Waals surface area contributed by atoms with Crippen LogP contribution in [-0.4, -0.2) is 25.2 Å². The first kappa shape index (κ1) is 19.6. The van der Waals surface area contributed by atoms with Gasteiger partial charge in [-0.1, -0.05) is 12.1 Å². The number of anilines is 1. The SMILES string of the molecule is COc1ccc(C2NC(=S)NC(C)=C2C(=O)Nc2ccccc2F)c(OC)c1. The number of benzene rings is 2. The molecule has 2 aromatic rings. The highest BCUT2D eigenvalue weighted by Gasteiger charge is 2.32. The molecule has 3 rings (SSSR count). The van der Waals surface area contributed by atoms with E-state index in [-0.39, 0.29) is 5.69 Å². The molecule has 0 aromatic heterocycles. The van der Waals surface area contributed by atoms with Crippen LogP contribution < -0.4 is 25.4 Å². The molecular weight excluding hydrogens is 381 g/mol. The fourth-order valence-corrected chi connectivity index (χ4v) is 3.31. The summed E-state index contributed by atoms with van der Waals surface area (Å²) < 4.78 is 24.7. The molecule has 1 atom stereocenters. The van der Waals surface area contributed by atoms with Crippen molar-refractivity contribution in [3.05, 3.63) is 65.1 Å². The molecule has 0 spiro atoms. The first-order chi connectivity index (χ1) is 13.4. The average Bonchev–Trinajstić information content (AvgIpc) is 2.68. The maximum absolute atomic E-state index is 14.0. The van der Waals surface area contributed by atoms with Gasteiger partial charge in [0.1, 0.15) is 17.3 Å². The number of allylic oxidation sites excluding steroid dienone is 1. The maximum atomic E-state index is 14.0. The number of rotatable bonds is 5. The Morgan fingerprint density at radius 1 is 1.18 bits per heavy atom. The van der Waals surface area contributed by atoms with Gasteiger partial charge in [-0.25, -0.2) is 4.39 Å². The summed E-state index contributed by atoms with van der Waals surface area (Å²) in [7, 11) is 3.09. The van der Waals surface area contributed by atoms with Gasteiger partial charge in [0.25, 0.3) is 5.91 Å². The van der Waals surface area contributed by atoms with Crippen LogP contribution in [0.25, 0.3) is 0 Å². The van der Waals surface area contributed by atoms with Crippen LogP contribution in [0.4, 0.5) is 10.1 Å². The van der Waals surface area contributed by atoms with Crippen LogP contribution in [0.3, 0.4) is 0 Å². The number of amides is 1. The lowest BCUT2D eigenvalue weighted by molar-refractivity contribution is -0.113. The molecule has 0 aliphatic carbocycles. The second kappa shape index (κ2) is 8.26. The van der Waals surface area contributed by atoms with Crippen molar-refractivity contribution in [2.75, 3.05) is 19.5 Å². The van der Waals surface area contributed by atoms with Crippen LogP contribution >= 0.6 is 12.2 Å². The Labute approximate surface area is 167 Å². The fourth-order valence-electron chi connectivity index (χ4n) is 3.04. The average molecular weight is 401 g/mol. The second-order valence-electron chi connectivity index (χ2n) is 6.11. The Kier molecular flexibility index (Phi) is 5.79. The van der Waals surface area contributed by atoms with E-state index in [1.807, 2.05) is 0 Å². The molecule has 28 heavy (non-hydrogen) atoms. The number of hydrogen-bond donors (Lipinski definition) is 3. The summed E-state index contributed by atoms with van der Waals surface area (Å²) in [4.78, 5) is 13.0. The van der Waals surface area contributed by atoms with Gasteiger partial charge in [-0.15, -0.1) is 0 Å². The fraction of sp³-hybridized carbons (Fsp3) is 0.200. The number of methoxy groups -OCH3 is 2. The highest BCUT2D eigenvalue weighted by atomic mass is 32.1. The molecule has 146 valence electrons. The minimum absolute atomic E-state index is 0.0985. The standard InChI is InChI=1S/C20H20FN3O3S/c1-11-17(19(25)23-15-7-5-4-6-14(15)21)18(24-20(28)22-11)13-9-8-12(26-2)10-16(13)27-3/h4-10,18H,1-3H3,(H,23,25)(H2,22,24,28). The number of hydrogen-bond acceptors (Lipinski definition) is 4. The lowest BCUT2D eigenvalue weighted by Crippen LogP contribution is -2.45. The first-order valence-corrected chi connectivity index (χ1v) is 8.91. The van der Waals surface area contributed by atoms with Gasteiger partial charge in [-0.3, -0.25) is 4.79 Å². The maximum Gasteiger partial charge on any atom is 0.255 e. The largest absolute Gasteiger partial charge is 0.497 e. The predicted molar refractivity (Wildman–Crippen MR) is 109 cm³/mol. The molecule has 8 heteroatoms. The van der Waals surface area contributed by atoms with Gasteiger partial charge in [-0.2, -0.15) is 0 Å². The highest BCUT2D eigenvalue weighted by Crippen LogP contribution is 2.35. The number of thiocarbonyl (C=S) groups is 1. The monoisotopic (exact) mass is 401 g/mol. The van der Waals surface area contributed by atoms with E-state index in [1.165, 1.54) is 19.2 Å². The van der Waals surface area contributed by atoms with Crippen LogP contribution in [0.15, 0.2) is 53.7 Å². The Bertz CT molecular complexity index is 961. The molecule has 0 saturated heterocycles. The topological polar surface area (TPSA) is 71.6 Å². The van der Waals surface area contributed by atoms with Gasteiger partial charge >= 0.3 is 0 Å². The van der Waals surface area contributed by atoms with Crippen LogP contribution in [-0.2, 0) is 4.79 Å². The molecule has 3 N–H and O–H groups in total. The summed E-state index contributed by atoms with van der Waals surface area (Å²) in [6.45, 7) is 1.74. The first-order valence-electron chi connectivity index (χ1n) is 8.50. The molecule has 1 aliphatic heterocycles. The van der Waals surface area contributed by atoms with Crippen molar-refractivity contribution < 1.29 is 18.7 Å². The van der Waals surface area contributed by atoms with Gasteiger partial charge in [0.05, 0.1) is 31.5 Å². The Morgan fingerprint density at radius 3 is 2.61 bits per heavy atom. The van der Waals surface area contributed by atoms with E-state index in [0.29, 0.717) is 33.4 Å². The molecule has 0 bridgehead atoms. The number of carbonyl (C=O) groups excluding carboxylic acids is 1. The van der Waals surface area contributed by atoms with Crippen molar-refractivity contribution in [1.29, 1.82) is 0 Å². The third-order valence-electron chi connectivity index (χ3n) is 4.39. The number of carbonyl (C=O) groups is 1. The molecule has 6 nitrogen and oxygen atoms in total. The molecular formula is C20H20FN3O3S. The van der Waals surface area contributed by atoms with E-state index < -0.39 is 17.8 Å². The molecule has 2 aromatic carbocycles. The Morgan fingerprint density at radius 2 is 1.93 bits per heavy atom. The number of halogens is 1. The van der Waals surface area contributed by atoms with Crippen molar-refractivity contribution in [3.8, 4) is 11.5 Å². The number of ether oxygens (including phenoxy) is 2. The molecule has 0 radical (unpaired) electrons. The van der Waals surface area contributed by atoms with Crippen molar-refractivity contribution in [3.63, 3.8) is 0 Å². The van der Waals surface area contributed by atoms with E-state index >= 15 is 0 Å². The minimum Gasteiger partial charge on any atom is -0.497 e. The van der Waals surface area contributed by atoms with E-state index in [2.05, 4.69) is 16.0 Å². The highest BCUT2D eigenvalue weighted by molar-refractivity contribution is 7.80. The summed E-state index contributed by atoms with van der Waals surface area (Å²) in [6, 6.07) is 10.7. The predicted octanol–water partition coefficient (Wildman–Crippen LogP) is 3.27. The quantitative estimate of drug-likeness (QED) is 0.668. The molecule has 0 saturated carbocycles. The Hall–Kier alpha value is -3.13. The summed E-state index contributed by atoms with van der Waals surface area (Å²) in [5.74, 6) is 0.189. The molecule has 1 amide bonds. The normalized spacial score (nSPS) is 16.1. The van der Waals surface area contributed by atoms with E-state index in [0.717, 1.165) is 0 Å². The summed E-state index contributed by atoms with van der Waals surface area (Å²) in [5.41, 5.74) is 1.74. The lowest BCUT2D eigenvalue weighted by Gasteiger charge is -2.31. The van der Waals surface area contributed by atoms with Gasteiger partial charge in [0.2, 0.25) is 0 Å². The van der Waals surface area contributed by atoms with Crippen molar-refractivity contribution in [2.45, 2.75) is 13.0 Å². The van der Waals surface area contributed by atoms with Crippen molar-refractivity contribution in [2.24, 2.45) is 0 Å². The van der Waals surface area contributed by atoms with Gasteiger partial charge in [0, 0.05) is 17.3 Å². The zero-order chi connectivity index (χ0) is 20.3. The third-order valence-corrected chi connectivity index (χ3v) is 4.61. The number of para-hydroxylation sites is 1. The third kappa shape index (κ3) is 3.91. The zero-order valence-corrected chi connectivity index (χ0v) is 16.4. The van der Waals surface area contributed by atoms with Crippen LogP contribution in [0, 0.1) is 5.82 Å². The molecule has 1 unspecified atom stereocenters. The van der Waals surface area contributed by atoms with Crippen LogP contribution in [0.5, 0.6) is 11.5 Å². The minimum atomic E-state index is -0.582. The van der Waals surface area contributed by atoms with Gasteiger partial charge in [-0.05, 0) is 43.4 Å². The van der Waals surface area contributed by atoms with Gasteiger partial charge in [0.15, 0.2) is 5.11 Å². The smallest absolute Gasteiger partial charge is 0.255 e. The van der Waals surface area contributed by atoms with Crippen molar-refractivity contribution in [1.82, 2.24) is 10.6 Å². The van der Waals surface area contributed by atoms with Crippen LogP contribution in [0.1, 0.15) is 18.5 Å². The van der Waals surface area contributed by atoms with E-state index in [4.69, 9.17) is 21.7 Å². The molecule has 1 aliphatic rings. The summed E-state index contributed by atoms with van der Waals surface area (Å²) >= 11 is 5.26. The van der Waals surface area contributed by atoms with Gasteiger partial charge < -0.3 is 25.4 Å². The summed E-state index contributed by atoms with van der Waals surface area (Å²) in [6.07, 6.45) is 0. The molecule has 1 heterocycles.